The highest BCUT2D eigenvalue weighted by molar-refractivity contribution is 8.13. The molecule has 0 unspecified atom stereocenters. The lowest BCUT2D eigenvalue weighted by Crippen LogP contribution is -2.08. The van der Waals surface area contributed by atoms with Crippen molar-refractivity contribution in [3.05, 3.63) is 60.2 Å². The third-order valence-corrected chi connectivity index (χ3v) is 4.32. The second kappa shape index (κ2) is 8.64. The fraction of sp³-hybridized carbons (Fsp3) is 0.316. The van der Waals surface area contributed by atoms with Gasteiger partial charge in [0.1, 0.15) is 0 Å². The van der Waals surface area contributed by atoms with Gasteiger partial charge in [-0.3, -0.25) is 4.99 Å². The van der Waals surface area contributed by atoms with Crippen LogP contribution < -0.4 is 5.73 Å². The summed E-state index contributed by atoms with van der Waals surface area (Å²) in [5, 5.41) is 0.688. The zero-order valence-corrected chi connectivity index (χ0v) is 14.1. The van der Waals surface area contributed by atoms with E-state index in [1.54, 1.807) is 11.8 Å². The van der Waals surface area contributed by atoms with Crippen molar-refractivity contribution in [2.75, 3.05) is 6.54 Å². The van der Waals surface area contributed by atoms with Gasteiger partial charge in [-0.05, 0) is 29.0 Å². The van der Waals surface area contributed by atoms with Gasteiger partial charge in [0.2, 0.25) is 0 Å². The predicted molar refractivity (Wildman–Crippen MR) is 99.1 cm³/mol. The summed E-state index contributed by atoms with van der Waals surface area (Å²) >= 11 is 1.61. The molecule has 3 heteroatoms. The van der Waals surface area contributed by atoms with E-state index in [0.717, 1.165) is 18.7 Å². The Hall–Kier alpha value is -1.74. The largest absolute Gasteiger partial charge is 0.379 e. The molecule has 2 aromatic carbocycles. The summed E-state index contributed by atoms with van der Waals surface area (Å²) in [6, 6.07) is 19.1. The molecule has 116 valence electrons. The minimum Gasteiger partial charge on any atom is -0.379 e. The molecule has 0 fully saturated rings. The molecule has 2 rings (SSSR count). The van der Waals surface area contributed by atoms with Crippen LogP contribution in [0.1, 0.15) is 25.8 Å². The average Bonchev–Trinajstić information content (AvgIpc) is 2.54. The topological polar surface area (TPSA) is 38.4 Å². The molecule has 0 saturated heterocycles. The Kier molecular flexibility index (Phi) is 6.53. The smallest absolute Gasteiger partial charge is 0.154 e. The average molecular weight is 312 g/mol. The van der Waals surface area contributed by atoms with Crippen LogP contribution in [0.5, 0.6) is 0 Å². The third kappa shape index (κ3) is 5.57. The number of aliphatic imine (C=N–C) groups is 1. The van der Waals surface area contributed by atoms with Crippen LogP contribution in [0.2, 0.25) is 0 Å². The first-order valence-electron chi connectivity index (χ1n) is 7.72. The SMILES string of the molecule is CC(C)CCN=C(N)SCc1ccc(-c2ccccc2)cc1. The molecule has 0 aliphatic rings. The third-order valence-electron chi connectivity index (χ3n) is 3.42. The lowest BCUT2D eigenvalue weighted by Gasteiger charge is -2.05. The molecular weight excluding hydrogens is 288 g/mol. The first-order valence-corrected chi connectivity index (χ1v) is 8.71. The van der Waals surface area contributed by atoms with E-state index in [9.17, 15) is 0 Å². The molecule has 0 atom stereocenters. The van der Waals surface area contributed by atoms with Crippen LogP contribution in [0.3, 0.4) is 0 Å². The molecule has 2 nitrogen and oxygen atoms in total. The van der Waals surface area contributed by atoms with Gasteiger partial charge in [0, 0.05) is 12.3 Å². The highest BCUT2D eigenvalue weighted by atomic mass is 32.2. The maximum absolute atomic E-state index is 5.94. The van der Waals surface area contributed by atoms with Crippen molar-refractivity contribution in [2.45, 2.75) is 26.0 Å². The Bertz CT molecular complexity index is 589. The number of benzene rings is 2. The van der Waals surface area contributed by atoms with Crippen molar-refractivity contribution in [1.82, 2.24) is 0 Å². The quantitative estimate of drug-likeness (QED) is 0.605. The van der Waals surface area contributed by atoms with Crippen molar-refractivity contribution < 1.29 is 0 Å². The molecule has 0 aromatic heterocycles. The van der Waals surface area contributed by atoms with Gasteiger partial charge in [-0.15, -0.1) is 0 Å². The van der Waals surface area contributed by atoms with Crippen LogP contribution in [0.4, 0.5) is 0 Å². The first kappa shape index (κ1) is 16.6. The van der Waals surface area contributed by atoms with Gasteiger partial charge in [0.15, 0.2) is 5.17 Å². The monoisotopic (exact) mass is 312 g/mol. The van der Waals surface area contributed by atoms with Gasteiger partial charge in [-0.1, -0.05) is 80.2 Å². The van der Waals surface area contributed by atoms with Crippen molar-refractivity contribution in [3.63, 3.8) is 0 Å². The number of nitrogens with two attached hydrogens (primary N) is 1. The molecule has 0 amide bonds. The Morgan fingerprint density at radius 1 is 1.00 bits per heavy atom. The first-order chi connectivity index (χ1) is 10.6. The van der Waals surface area contributed by atoms with Gasteiger partial charge in [-0.2, -0.15) is 0 Å². The van der Waals surface area contributed by atoms with Crippen LogP contribution in [-0.2, 0) is 5.75 Å². The molecule has 0 radical (unpaired) electrons. The van der Waals surface area contributed by atoms with Crippen LogP contribution in [0, 0.1) is 5.92 Å². The summed E-state index contributed by atoms with van der Waals surface area (Å²) < 4.78 is 0. The number of rotatable bonds is 6. The highest BCUT2D eigenvalue weighted by Gasteiger charge is 2.00. The number of amidine groups is 1. The Morgan fingerprint density at radius 3 is 2.27 bits per heavy atom. The number of thioether (sulfide) groups is 1. The van der Waals surface area contributed by atoms with E-state index in [2.05, 4.69) is 67.4 Å². The maximum Gasteiger partial charge on any atom is 0.154 e. The zero-order chi connectivity index (χ0) is 15.8. The Labute approximate surface area is 137 Å². The number of hydrogen-bond acceptors (Lipinski definition) is 2. The van der Waals surface area contributed by atoms with Crippen molar-refractivity contribution in [1.29, 1.82) is 0 Å². The zero-order valence-electron chi connectivity index (χ0n) is 13.3. The highest BCUT2D eigenvalue weighted by Crippen LogP contribution is 2.21. The molecule has 22 heavy (non-hydrogen) atoms. The lowest BCUT2D eigenvalue weighted by atomic mass is 10.0. The van der Waals surface area contributed by atoms with Gasteiger partial charge >= 0.3 is 0 Å². The fourth-order valence-corrected chi connectivity index (χ4v) is 2.75. The number of nitrogens with zero attached hydrogens (tertiary/aromatic N) is 1. The molecule has 0 aliphatic heterocycles. The van der Waals surface area contributed by atoms with Crippen LogP contribution in [0.25, 0.3) is 11.1 Å². The molecule has 0 heterocycles. The summed E-state index contributed by atoms with van der Waals surface area (Å²) in [4.78, 5) is 4.40. The van der Waals surface area contributed by atoms with E-state index in [1.807, 2.05) is 6.07 Å². The minimum absolute atomic E-state index is 0.673. The Morgan fingerprint density at radius 2 is 1.64 bits per heavy atom. The van der Waals surface area contributed by atoms with E-state index >= 15 is 0 Å². The van der Waals surface area contributed by atoms with Crippen molar-refractivity contribution >= 4 is 16.9 Å². The van der Waals surface area contributed by atoms with Crippen molar-refractivity contribution in [2.24, 2.45) is 16.6 Å². The molecule has 0 aliphatic carbocycles. The van der Waals surface area contributed by atoms with E-state index in [1.165, 1.54) is 16.7 Å². The van der Waals surface area contributed by atoms with Crippen LogP contribution in [0.15, 0.2) is 59.6 Å². The van der Waals surface area contributed by atoms with Crippen LogP contribution in [-0.4, -0.2) is 11.7 Å². The second-order valence-corrected chi connectivity index (χ2v) is 6.75. The molecular formula is C19H24N2S. The lowest BCUT2D eigenvalue weighted by molar-refractivity contribution is 0.597. The van der Waals surface area contributed by atoms with Gasteiger partial charge < -0.3 is 5.73 Å². The van der Waals surface area contributed by atoms with Gasteiger partial charge in [0.05, 0.1) is 0 Å². The van der Waals surface area contributed by atoms with Gasteiger partial charge in [0.25, 0.3) is 0 Å². The normalized spacial score (nSPS) is 11.9. The minimum atomic E-state index is 0.673. The molecule has 0 saturated carbocycles. The number of hydrogen-bond donors (Lipinski definition) is 1. The van der Waals surface area contributed by atoms with E-state index in [-0.39, 0.29) is 0 Å². The molecule has 0 spiro atoms. The maximum atomic E-state index is 5.94. The summed E-state index contributed by atoms with van der Waals surface area (Å²) in [5.74, 6) is 1.54. The summed E-state index contributed by atoms with van der Waals surface area (Å²) in [6.07, 6.45) is 1.09. The predicted octanol–water partition coefficient (Wildman–Crippen LogP) is 4.95. The fourth-order valence-electron chi connectivity index (χ4n) is 2.06. The van der Waals surface area contributed by atoms with E-state index in [0.29, 0.717) is 11.1 Å². The molecule has 0 bridgehead atoms. The second-order valence-electron chi connectivity index (χ2n) is 5.75. The molecule has 2 aromatic rings. The summed E-state index contributed by atoms with van der Waals surface area (Å²) in [7, 11) is 0. The summed E-state index contributed by atoms with van der Waals surface area (Å²) in [6.45, 7) is 5.23. The summed E-state index contributed by atoms with van der Waals surface area (Å²) in [5.41, 5.74) is 9.70. The Balaban J connectivity index is 1.87. The van der Waals surface area contributed by atoms with E-state index < -0.39 is 0 Å². The van der Waals surface area contributed by atoms with E-state index in [4.69, 9.17) is 5.73 Å². The standard InChI is InChI=1S/C19H24N2S/c1-15(2)12-13-21-19(20)22-14-16-8-10-18(11-9-16)17-6-4-3-5-7-17/h3-11,15H,12-14H2,1-2H3,(H2,20,21). The van der Waals surface area contributed by atoms with Crippen molar-refractivity contribution in [3.8, 4) is 11.1 Å². The van der Waals surface area contributed by atoms with Crippen LogP contribution >= 0.6 is 11.8 Å². The molecule has 2 N–H and O–H groups in total. The van der Waals surface area contributed by atoms with Gasteiger partial charge in [-0.25, -0.2) is 0 Å².